The van der Waals surface area contributed by atoms with Gasteiger partial charge in [-0.05, 0) is 18.2 Å². The Balaban J connectivity index is 1.75. The molecule has 0 radical (unpaired) electrons. The fourth-order valence-corrected chi connectivity index (χ4v) is 3.22. The molecule has 1 aliphatic heterocycles. The molecule has 2 rings (SSSR count). The lowest BCUT2D eigenvalue weighted by molar-refractivity contribution is 0.159. The van der Waals surface area contributed by atoms with Gasteiger partial charge in [-0.2, -0.15) is 12.7 Å². The van der Waals surface area contributed by atoms with Gasteiger partial charge in [0.25, 0.3) is 10.2 Å². The molecule has 1 heterocycles. The average Bonchev–Trinajstić information content (AvgIpc) is 2.41. The minimum absolute atomic E-state index is 0.403. The molecule has 1 aromatic carbocycles. The van der Waals surface area contributed by atoms with Crippen LogP contribution >= 0.6 is 23.2 Å². The maximum Gasteiger partial charge on any atom is 0.276 e. The summed E-state index contributed by atoms with van der Waals surface area (Å²) in [6, 6.07) is 5.07. The lowest BCUT2D eigenvalue weighted by Gasteiger charge is -2.32. The van der Waals surface area contributed by atoms with Gasteiger partial charge >= 0.3 is 0 Å². The van der Waals surface area contributed by atoms with E-state index >= 15 is 0 Å². The number of nitrogens with two attached hydrogens (primary N) is 1. The van der Waals surface area contributed by atoms with E-state index in [0.717, 1.165) is 0 Å². The zero-order valence-electron chi connectivity index (χ0n) is 11.3. The molecule has 0 saturated carbocycles. The molecule has 0 atom stereocenters. The standard InChI is InChI=1S/C12H17Cl2N3O3S/c13-10-1-2-12(11(14)9-10)20-8-7-16-3-5-17(6-4-16)21(15,18)19/h1-2,9H,3-8H2,(H2,15,18,19). The van der Waals surface area contributed by atoms with E-state index < -0.39 is 10.2 Å². The van der Waals surface area contributed by atoms with E-state index in [4.69, 9.17) is 33.1 Å². The van der Waals surface area contributed by atoms with Crippen molar-refractivity contribution < 1.29 is 13.2 Å². The highest BCUT2D eigenvalue weighted by Gasteiger charge is 2.23. The number of piperazine rings is 1. The molecular weight excluding hydrogens is 337 g/mol. The van der Waals surface area contributed by atoms with Crippen molar-refractivity contribution >= 4 is 33.4 Å². The molecule has 0 unspecified atom stereocenters. The molecule has 0 aliphatic carbocycles. The van der Waals surface area contributed by atoms with Crippen molar-refractivity contribution in [3.05, 3.63) is 28.2 Å². The van der Waals surface area contributed by atoms with Gasteiger partial charge in [0.1, 0.15) is 12.4 Å². The number of ether oxygens (including phenoxy) is 1. The summed E-state index contributed by atoms with van der Waals surface area (Å²) in [7, 11) is -3.58. The third-order valence-electron chi connectivity index (χ3n) is 3.25. The molecule has 6 nitrogen and oxygen atoms in total. The number of rotatable bonds is 5. The van der Waals surface area contributed by atoms with Crippen LogP contribution in [0.15, 0.2) is 18.2 Å². The predicted molar refractivity (Wildman–Crippen MR) is 83.1 cm³/mol. The maximum atomic E-state index is 11.2. The fraction of sp³-hybridized carbons (Fsp3) is 0.500. The molecular formula is C12H17Cl2N3O3S. The van der Waals surface area contributed by atoms with Crippen molar-refractivity contribution in [1.82, 2.24) is 9.21 Å². The molecule has 0 bridgehead atoms. The van der Waals surface area contributed by atoms with E-state index in [1.165, 1.54) is 4.31 Å². The lowest BCUT2D eigenvalue weighted by atomic mass is 10.3. The van der Waals surface area contributed by atoms with Crippen molar-refractivity contribution in [2.75, 3.05) is 39.3 Å². The number of benzene rings is 1. The molecule has 1 fully saturated rings. The summed E-state index contributed by atoms with van der Waals surface area (Å²) < 4.78 is 29.3. The van der Waals surface area contributed by atoms with Crippen LogP contribution in [0.25, 0.3) is 0 Å². The Kier molecular flexibility index (Phi) is 5.70. The van der Waals surface area contributed by atoms with Gasteiger partial charge in [-0.25, -0.2) is 5.14 Å². The van der Waals surface area contributed by atoms with Gasteiger partial charge in [-0.15, -0.1) is 0 Å². The summed E-state index contributed by atoms with van der Waals surface area (Å²) in [6.07, 6.45) is 0. The summed E-state index contributed by atoms with van der Waals surface area (Å²) in [4.78, 5) is 2.12. The van der Waals surface area contributed by atoms with E-state index in [1.807, 2.05) is 0 Å². The molecule has 0 aromatic heterocycles. The van der Waals surface area contributed by atoms with E-state index in [9.17, 15) is 8.42 Å². The van der Waals surface area contributed by atoms with Crippen LogP contribution in [0.5, 0.6) is 5.75 Å². The van der Waals surface area contributed by atoms with Gasteiger partial charge in [0.2, 0.25) is 0 Å². The molecule has 21 heavy (non-hydrogen) atoms. The SMILES string of the molecule is NS(=O)(=O)N1CCN(CCOc2ccc(Cl)cc2Cl)CC1. The summed E-state index contributed by atoms with van der Waals surface area (Å²) in [5, 5.41) is 6.13. The Morgan fingerprint density at radius 1 is 1.19 bits per heavy atom. The molecule has 9 heteroatoms. The molecule has 118 valence electrons. The quantitative estimate of drug-likeness (QED) is 0.862. The van der Waals surface area contributed by atoms with Crippen molar-refractivity contribution in [3.8, 4) is 5.75 Å². The van der Waals surface area contributed by atoms with Crippen LogP contribution in [-0.2, 0) is 10.2 Å². The topological polar surface area (TPSA) is 75.9 Å². The third kappa shape index (κ3) is 4.98. The first-order valence-corrected chi connectivity index (χ1v) is 8.70. The smallest absolute Gasteiger partial charge is 0.276 e. The van der Waals surface area contributed by atoms with Gasteiger partial charge in [0.05, 0.1) is 5.02 Å². The number of nitrogens with zero attached hydrogens (tertiary/aromatic N) is 2. The lowest BCUT2D eigenvalue weighted by Crippen LogP contribution is -2.51. The second-order valence-electron chi connectivity index (χ2n) is 4.71. The van der Waals surface area contributed by atoms with Crippen LogP contribution in [0, 0.1) is 0 Å². The fourth-order valence-electron chi connectivity index (χ4n) is 2.08. The Morgan fingerprint density at radius 3 is 2.43 bits per heavy atom. The Hall–Kier alpha value is -0.570. The van der Waals surface area contributed by atoms with Gasteiger partial charge in [0.15, 0.2) is 0 Å². The minimum Gasteiger partial charge on any atom is -0.491 e. The highest BCUT2D eigenvalue weighted by molar-refractivity contribution is 7.86. The maximum absolute atomic E-state index is 11.2. The molecule has 0 amide bonds. The Labute approximate surface area is 134 Å². The van der Waals surface area contributed by atoms with Gasteiger partial charge in [0, 0.05) is 37.7 Å². The predicted octanol–water partition coefficient (Wildman–Crippen LogP) is 1.19. The normalized spacial score (nSPS) is 17.9. The Bertz CT molecular complexity index is 589. The summed E-state index contributed by atoms with van der Waals surface area (Å²) in [6.45, 7) is 3.23. The third-order valence-corrected chi connectivity index (χ3v) is 4.87. The Morgan fingerprint density at radius 2 is 1.86 bits per heavy atom. The zero-order valence-corrected chi connectivity index (χ0v) is 13.7. The second-order valence-corrected chi connectivity index (χ2v) is 7.10. The molecule has 1 saturated heterocycles. The van der Waals surface area contributed by atoms with Crippen LogP contribution in [0.2, 0.25) is 10.0 Å². The number of hydrogen-bond donors (Lipinski definition) is 1. The van der Waals surface area contributed by atoms with Crippen LogP contribution in [0.4, 0.5) is 0 Å². The summed E-state index contributed by atoms with van der Waals surface area (Å²) in [5.74, 6) is 0.587. The largest absolute Gasteiger partial charge is 0.491 e. The van der Waals surface area contributed by atoms with Crippen molar-refractivity contribution in [1.29, 1.82) is 0 Å². The van der Waals surface area contributed by atoms with E-state index in [0.29, 0.717) is 55.1 Å². The number of halogens is 2. The number of hydrogen-bond acceptors (Lipinski definition) is 4. The van der Waals surface area contributed by atoms with Crippen LogP contribution in [0.1, 0.15) is 0 Å². The van der Waals surface area contributed by atoms with E-state index in [-0.39, 0.29) is 0 Å². The molecule has 1 aromatic rings. The van der Waals surface area contributed by atoms with E-state index in [1.54, 1.807) is 18.2 Å². The van der Waals surface area contributed by atoms with Crippen LogP contribution in [-0.4, -0.2) is 57.0 Å². The zero-order chi connectivity index (χ0) is 15.5. The first-order chi connectivity index (χ1) is 9.86. The van der Waals surface area contributed by atoms with Gasteiger partial charge in [-0.1, -0.05) is 23.2 Å². The average molecular weight is 354 g/mol. The molecule has 0 spiro atoms. The molecule has 1 aliphatic rings. The summed E-state index contributed by atoms with van der Waals surface area (Å²) >= 11 is 11.8. The van der Waals surface area contributed by atoms with Gasteiger partial charge < -0.3 is 4.74 Å². The van der Waals surface area contributed by atoms with Crippen molar-refractivity contribution in [2.45, 2.75) is 0 Å². The highest BCUT2D eigenvalue weighted by atomic mass is 35.5. The molecule has 2 N–H and O–H groups in total. The van der Waals surface area contributed by atoms with Crippen LogP contribution < -0.4 is 9.88 Å². The minimum atomic E-state index is -3.58. The van der Waals surface area contributed by atoms with Crippen molar-refractivity contribution in [3.63, 3.8) is 0 Å². The first kappa shape index (κ1) is 16.8. The van der Waals surface area contributed by atoms with Crippen molar-refractivity contribution in [2.24, 2.45) is 5.14 Å². The van der Waals surface area contributed by atoms with Gasteiger partial charge in [-0.3, -0.25) is 4.90 Å². The second kappa shape index (κ2) is 7.13. The monoisotopic (exact) mass is 353 g/mol. The highest BCUT2D eigenvalue weighted by Crippen LogP contribution is 2.27. The first-order valence-electron chi connectivity index (χ1n) is 6.44. The van der Waals surface area contributed by atoms with Crippen LogP contribution in [0.3, 0.4) is 0 Å². The van der Waals surface area contributed by atoms with E-state index in [2.05, 4.69) is 4.90 Å². The summed E-state index contributed by atoms with van der Waals surface area (Å²) in [5.41, 5.74) is 0.